The van der Waals surface area contributed by atoms with Crippen LogP contribution in [0.1, 0.15) is 55.4 Å². The minimum Gasteiger partial charge on any atom is -0.550 e. The molecule has 0 amide bonds. The maximum atomic E-state index is 8.89. The number of carbonyl (C=O) groups is 8. The zero-order valence-corrected chi connectivity index (χ0v) is 47.6. The predicted octanol–water partition coefficient (Wildman–Crippen LogP) is -12.2. The smallest absolute Gasteiger partial charge is 0.550 e. The van der Waals surface area contributed by atoms with Gasteiger partial charge in [-0.15, -0.1) is 0 Å². The average molecular weight is 1830 g/mol. The first-order chi connectivity index (χ1) is 13.9. The molecule has 0 aromatic carbocycles. The maximum Gasteiger partial charge on any atom is 2.00 e. The Morgan fingerprint density at radius 3 is 0.250 bits per heavy atom. The van der Waals surface area contributed by atoms with Gasteiger partial charge in [0.15, 0.2) is 0 Å². The van der Waals surface area contributed by atoms with Crippen molar-refractivity contribution in [2.45, 2.75) is 55.4 Å². The van der Waals surface area contributed by atoms with Crippen molar-refractivity contribution in [3.8, 4) is 0 Å². The van der Waals surface area contributed by atoms with E-state index in [1.165, 1.54) is 0 Å². The predicted molar refractivity (Wildman–Crippen MR) is 120 cm³/mol. The summed E-state index contributed by atoms with van der Waals surface area (Å²) in [7, 11) is 0. The Balaban J connectivity index is -0.0000000114. The molecular formula is C16H24Co2O16Pb6-4. The van der Waals surface area contributed by atoms with E-state index in [1.807, 2.05) is 0 Å². The van der Waals surface area contributed by atoms with Gasteiger partial charge in [0, 0.05) is 212 Å². The van der Waals surface area contributed by atoms with Crippen molar-refractivity contribution >= 4 is 212 Å². The SMILES string of the molecule is CC(=O)[O-].CC(=O)[O-].CC(=O)[O-].CC(=O)[O-].CC(=O)[O-].CC(=O)[O-].CC(=O)[O-].CC(=O)[O-].[Co+2].[Co+2].[Pb].[Pb].[Pb].[Pb].[Pb].[Pb]. The monoisotopic (exact) mass is 1840 g/mol. The molecule has 0 rings (SSSR count). The number of rotatable bonds is 0. The standard InChI is InChI=1S/8C2H4O2.2Co.6Pb/c8*1-2(3)4;;;;;;;;/h8*1H3,(H,3,4);;;;;;;;/q;;;;;;;;2*+2;;;;;;/p-8. The number of carboxylic acids is 8. The second-order valence-corrected chi connectivity index (χ2v) is 3.93. The molecule has 0 unspecified atom stereocenters. The van der Waals surface area contributed by atoms with Gasteiger partial charge in [-0.1, -0.05) is 0 Å². The Morgan fingerprint density at radius 1 is 0.250 bits per heavy atom. The first-order valence-electron chi connectivity index (χ1n) is 7.27. The molecule has 26 radical (unpaired) electrons. The molecule has 16 nitrogen and oxygen atoms in total. The van der Waals surface area contributed by atoms with Crippen LogP contribution in [0.4, 0.5) is 0 Å². The molecule has 0 atom stereocenters. The van der Waals surface area contributed by atoms with Gasteiger partial charge >= 0.3 is 33.6 Å². The summed E-state index contributed by atoms with van der Waals surface area (Å²) in [6.45, 7) is 7.78. The van der Waals surface area contributed by atoms with E-state index in [0.717, 1.165) is 55.4 Å². The van der Waals surface area contributed by atoms with Crippen molar-refractivity contribution in [3.63, 3.8) is 0 Å². The van der Waals surface area contributed by atoms with Crippen LogP contribution in [-0.4, -0.2) is 212 Å². The fourth-order valence-corrected chi connectivity index (χ4v) is 0. The van der Waals surface area contributed by atoms with Crippen molar-refractivity contribution < 1.29 is 113 Å². The van der Waals surface area contributed by atoms with Crippen LogP contribution in [0, 0.1) is 0 Å². The summed E-state index contributed by atoms with van der Waals surface area (Å²) in [5.74, 6) is -8.67. The van der Waals surface area contributed by atoms with Gasteiger partial charge in [0.1, 0.15) is 0 Å². The molecule has 24 heteroatoms. The Hall–Kier alpha value is 2.31. The van der Waals surface area contributed by atoms with E-state index in [4.69, 9.17) is 79.2 Å². The second-order valence-electron chi connectivity index (χ2n) is 3.93. The largest absolute Gasteiger partial charge is 2.00 e. The minimum atomic E-state index is -1.08. The van der Waals surface area contributed by atoms with Crippen molar-refractivity contribution in [1.29, 1.82) is 0 Å². The Morgan fingerprint density at radius 2 is 0.250 bits per heavy atom. The molecule has 0 saturated carbocycles. The molecule has 0 aromatic rings. The summed E-state index contributed by atoms with van der Waals surface area (Å²) in [6, 6.07) is 0. The zero-order chi connectivity index (χ0) is 28.6. The number of hydrogen-bond donors (Lipinski definition) is 0. The molecule has 40 heavy (non-hydrogen) atoms. The van der Waals surface area contributed by atoms with E-state index in [2.05, 4.69) is 0 Å². The van der Waals surface area contributed by atoms with E-state index < -0.39 is 47.8 Å². The summed E-state index contributed by atoms with van der Waals surface area (Å²) < 4.78 is 0. The molecule has 0 saturated heterocycles. The molecule has 0 bridgehead atoms. The molecule has 0 fully saturated rings. The number of carbonyl (C=O) groups excluding carboxylic acids is 8. The normalized spacial score (nSPS) is 5.00. The fourth-order valence-electron chi connectivity index (χ4n) is 0. The molecule has 0 aliphatic carbocycles. The van der Waals surface area contributed by atoms with Crippen LogP contribution < -0.4 is 40.9 Å². The van der Waals surface area contributed by atoms with Crippen LogP contribution >= 0.6 is 0 Å². The Bertz CT molecular complexity index is 396. The third-order valence-electron chi connectivity index (χ3n) is 0. The maximum absolute atomic E-state index is 8.89. The van der Waals surface area contributed by atoms with Crippen molar-refractivity contribution in [1.82, 2.24) is 0 Å². The summed E-state index contributed by atoms with van der Waals surface area (Å²) in [5.41, 5.74) is 0. The molecular weight excluding hydrogens is 1810 g/mol. The van der Waals surface area contributed by atoms with E-state index in [9.17, 15) is 0 Å². The van der Waals surface area contributed by atoms with Crippen LogP contribution in [0.2, 0.25) is 0 Å². The molecule has 0 aliphatic heterocycles. The number of aliphatic carboxylic acids is 8. The molecule has 0 heterocycles. The third-order valence-corrected chi connectivity index (χ3v) is 0. The Labute approximate surface area is 373 Å². The van der Waals surface area contributed by atoms with E-state index in [0.29, 0.717) is 0 Å². The van der Waals surface area contributed by atoms with Gasteiger partial charge in [-0.25, -0.2) is 0 Å². The van der Waals surface area contributed by atoms with E-state index in [-0.39, 0.29) is 197 Å². The van der Waals surface area contributed by atoms with Crippen molar-refractivity contribution in [3.05, 3.63) is 0 Å². The molecule has 0 aromatic heterocycles. The van der Waals surface area contributed by atoms with Crippen LogP contribution in [0.5, 0.6) is 0 Å². The van der Waals surface area contributed by atoms with Crippen LogP contribution in [0.15, 0.2) is 0 Å². The summed E-state index contributed by atoms with van der Waals surface area (Å²) in [4.78, 5) is 71.1. The summed E-state index contributed by atoms with van der Waals surface area (Å²) >= 11 is 0. The van der Waals surface area contributed by atoms with Gasteiger partial charge in [0.2, 0.25) is 0 Å². The number of hydrogen-bond acceptors (Lipinski definition) is 16. The second kappa shape index (κ2) is 97.0. The van der Waals surface area contributed by atoms with Gasteiger partial charge < -0.3 is 79.2 Å². The Kier molecular flexibility index (Phi) is 253. The van der Waals surface area contributed by atoms with Crippen molar-refractivity contribution in [2.24, 2.45) is 0 Å². The van der Waals surface area contributed by atoms with Crippen molar-refractivity contribution in [2.75, 3.05) is 0 Å². The first-order valence-corrected chi connectivity index (χ1v) is 7.27. The van der Waals surface area contributed by atoms with Crippen LogP contribution in [0.25, 0.3) is 0 Å². The third kappa shape index (κ3) is 11700. The van der Waals surface area contributed by atoms with Gasteiger partial charge in [0.05, 0.1) is 0 Å². The minimum absolute atomic E-state index is 0. The summed E-state index contributed by atoms with van der Waals surface area (Å²) in [6.07, 6.45) is 0. The van der Waals surface area contributed by atoms with Gasteiger partial charge in [0.25, 0.3) is 0 Å². The van der Waals surface area contributed by atoms with Crippen LogP contribution in [-0.2, 0) is 71.9 Å². The van der Waals surface area contributed by atoms with E-state index >= 15 is 0 Å². The molecule has 0 aliphatic rings. The average Bonchev–Trinajstić information content (AvgIpc) is 2.30. The van der Waals surface area contributed by atoms with Gasteiger partial charge in [-0.3, -0.25) is 0 Å². The van der Waals surface area contributed by atoms with Gasteiger partial charge in [-0.2, -0.15) is 0 Å². The molecule has 0 N–H and O–H groups in total. The first kappa shape index (κ1) is 104. The fraction of sp³-hybridized carbons (Fsp3) is 0.500. The number of carboxylic acid groups (broad SMARTS) is 8. The zero-order valence-electron chi connectivity index (χ0n) is 22.2. The molecule has 230 valence electrons. The quantitative estimate of drug-likeness (QED) is 0.203. The summed E-state index contributed by atoms with van der Waals surface area (Å²) in [5, 5.41) is 71.1. The topological polar surface area (TPSA) is 321 Å². The van der Waals surface area contributed by atoms with E-state index in [1.54, 1.807) is 0 Å². The van der Waals surface area contributed by atoms with Gasteiger partial charge in [-0.05, 0) is 55.4 Å². The van der Waals surface area contributed by atoms with Crippen LogP contribution in [0.3, 0.4) is 0 Å². The molecule has 0 spiro atoms.